The van der Waals surface area contributed by atoms with E-state index in [-0.39, 0.29) is 5.78 Å². The summed E-state index contributed by atoms with van der Waals surface area (Å²) in [6, 6.07) is 25.8. The smallest absolute Gasteiger partial charge is 0.195 e. The standard InChI is InChI=1S/C22H16BrNO/c23-19-12-7-13-20-21(19)18(22(25)17-10-5-2-6-11-17)15-24(20)14-16-8-3-1-4-9-16/h1-13,15H,14H2. The van der Waals surface area contributed by atoms with Gasteiger partial charge in [-0.2, -0.15) is 0 Å². The van der Waals surface area contributed by atoms with Crippen LogP contribution in [0.15, 0.2) is 89.5 Å². The first-order chi connectivity index (χ1) is 12.2. The van der Waals surface area contributed by atoms with Crippen molar-refractivity contribution in [2.24, 2.45) is 0 Å². The van der Waals surface area contributed by atoms with Crippen molar-refractivity contribution >= 4 is 32.6 Å². The molecule has 0 aliphatic rings. The molecule has 25 heavy (non-hydrogen) atoms. The molecule has 0 saturated carbocycles. The summed E-state index contributed by atoms with van der Waals surface area (Å²) < 4.78 is 3.09. The van der Waals surface area contributed by atoms with Crippen molar-refractivity contribution < 1.29 is 4.79 Å². The molecule has 0 bridgehead atoms. The highest BCUT2D eigenvalue weighted by molar-refractivity contribution is 9.10. The number of ketones is 1. The normalized spacial score (nSPS) is 10.9. The van der Waals surface area contributed by atoms with Gasteiger partial charge >= 0.3 is 0 Å². The van der Waals surface area contributed by atoms with E-state index in [0.717, 1.165) is 27.5 Å². The van der Waals surface area contributed by atoms with E-state index >= 15 is 0 Å². The Morgan fingerprint density at radius 1 is 0.840 bits per heavy atom. The number of fused-ring (bicyclic) bond motifs is 1. The highest BCUT2D eigenvalue weighted by atomic mass is 79.9. The van der Waals surface area contributed by atoms with Crippen molar-refractivity contribution in [1.82, 2.24) is 4.57 Å². The molecule has 0 spiro atoms. The molecule has 0 amide bonds. The number of aromatic nitrogens is 1. The van der Waals surface area contributed by atoms with E-state index in [4.69, 9.17) is 0 Å². The van der Waals surface area contributed by atoms with Gasteiger partial charge in [-0.05, 0) is 17.7 Å². The van der Waals surface area contributed by atoms with Crippen molar-refractivity contribution in [3.63, 3.8) is 0 Å². The molecule has 2 nitrogen and oxygen atoms in total. The minimum Gasteiger partial charge on any atom is -0.342 e. The van der Waals surface area contributed by atoms with Crippen LogP contribution in [0.1, 0.15) is 21.5 Å². The molecule has 0 N–H and O–H groups in total. The summed E-state index contributed by atoms with van der Waals surface area (Å²) in [7, 11) is 0. The van der Waals surface area contributed by atoms with E-state index in [1.54, 1.807) is 0 Å². The summed E-state index contributed by atoms with van der Waals surface area (Å²) in [5.74, 6) is 0.0457. The molecule has 4 aromatic rings. The Bertz CT molecular complexity index is 1040. The van der Waals surface area contributed by atoms with E-state index in [2.05, 4.69) is 38.7 Å². The van der Waals surface area contributed by atoms with Crippen molar-refractivity contribution in [2.75, 3.05) is 0 Å². The lowest BCUT2D eigenvalue weighted by Crippen LogP contribution is -2.01. The Kier molecular flexibility index (Phi) is 4.24. The topological polar surface area (TPSA) is 22.0 Å². The second kappa shape index (κ2) is 6.69. The summed E-state index contributed by atoms with van der Waals surface area (Å²) in [6.07, 6.45) is 1.97. The van der Waals surface area contributed by atoms with Crippen molar-refractivity contribution in [3.05, 3.63) is 106 Å². The number of rotatable bonds is 4. The third-order valence-corrected chi connectivity index (χ3v) is 4.99. The zero-order valence-electron chi connectivity index (χ0n) is 13.5. The van der Waals surface area contributed by atoms with Crippen LogP contribution in [0.2, 0.25) is 0 Å². The van der Waals surface area contributed by atoms with E-state index < -0.39 is 0 Å². The van der Waals surface area contributed by atoms with E-state index in [0.29, 0.717) is 5.56 Å². The van der Waals surface area contributed by atoms with Crippen LogP contribution >= 0.6 is 15.9 Å². The number of benzene rings is 3. The lowest BCUT2D eigenvalue weighted by Gasteiger charge is -2.05. The van der Waals surface area contributed by atoms with Crippen LogP contribution < -0.4 is 0 Å². The largest absolute Gasteiger partial charge is 0.342 e. The van der Waals surface area contributed by atoms with Gasteiger partial charge in [0.15, 0.2) is 5.78 Å². The van der Waals surface area contributed by atoms with Gasteiger partial charge in [-0.15, -0.1) is 0 Å². The molecule has 0 unspecified atom stereocenters. The molecule has 4 rings (SSSR count). The molecule has 122 valence electrons. The van der Waals surface area contributed by atoms with Gasteiger partial charge in [-0.3, -0.25) is 4.79 Å². The van der Waals surface area contributed by atoms with Gasteiger partial charge in [0.2, 0.25) is 0 Å². The quantitative estimate of drug-likeness (QED) is 0.411. The van der Waals surface area contributed by atoms with Gasteiger partial charge in [0, 0.05) is 33.7 Å². The number of hydrogen-bond donors (Lipinski definition) is 0. The molecular weight excluding hydrogens is 374 g/mol. The molecule has 3 heteroatoms. The summed E-state index contributed by atoms with van der Waals surface area (Å²) >= 11 is 3.62. The van der Waals surface area contributed by atoms with Crippen molar-refractivity contribution in [3.8, 4) is 0 Å². The number of carbonyl (C=O) groups excluding carboxylic acids is 1. The Hall–Kier alpha value is -2.65. The molecule has 0 saturated heterocycles. The SMILES string of the molecule is O=C(c1ccccc1)c1cn(Cc2ccccc2)c2cccc(Br)c12. The third kappa shape index (κ3) is 3.03. The van der Waals surface area contributed by atoms with Crippen LogP contribution in [0.3, 0.4) is 0 Å². The molecule has 0 aliphatic carbocycles. The molecule has 1 aromatic heterocycles. The number of halogens is 1. The zero-order valence-corrected chi connectivity index (χ0v) is 15.1. The second-order valence-electron chi connectivity index (χ2n) is 5.99. The van der Waals surface area contributed by atoms with Crippen LogP contribution in [-0.2, 0) is 6.54 Å². The van der Waals surface area contributed by atoms with Gasteiger partial charge in [-0.25, -0.2) is 0 Å². The van der Waals surface area contributed by atoms with Crippen LogP contribution in [-0.4, -0.2) is 10.4 Å². The molecule has 0 atom stereocenters. The number of carbonyl (C=O) groups is 1. The first-order valence-corrected chi connectivity index (χ1v) is 8.94. The maximum atomic E-state index is 13.0. The van der Waals surface area contributed by atoms with Crippen LogP contribution in [0, 0.1) is 0 Å². The predicted octanol–water partition coefficient (Wildman–Crippen LogP) is 5.68. The van der Waals surface area contributed by atoms with Gasteiger partial charge < -0.3 is 4.57 Å². The van der Waals surface area contributed by atoms with Crippen LogP contribution in [0.4, 0.5) is 0 Å². The average Bonchev–Trinajstić information content (AvgIpc) is 3.02. The second-order valence-corrected chi connectivity index (χ2v) is 6.84. The Labute approximate surface area is 154 Å². The first-order valence-electron chi connectivity index (χ1n) is 8.15. The van der Waals surface area contributed by atoms with E-state index in [9.17, 15) is 4.79 Å². The Morgan fingerprint density at radius 3 is 2.24 bits per heavy atom. The molecule has 0 aliphatic heterocycles. The Balaban J connectivity index is 1.86. The third-order valence-electron chi connectivity index (χ3n) is 4.33. The maximum Gasteiger partial charge on any atom is 0.195 e. The van der Waals surface area contributed by atoms with Crippen molar-refractivity contribution in [2.45, 2.75) is 6.54 Å². The average molecular weight is 390 g/mol. The molecule has 1 heterocycles. The van der Waals surface area contributed by atoms with Gasteiger partial charge in [-0.1, -0.05) is 82.7 Å². The fourth-order valence-corrected chi connectivity index (χ4v) is 3.71. The molecule has 0 radical (unpaired) electrons. The first kappa shape index (κ1) is 15.9. The number of nitrogens with zero attached hydrogens (tertiary/aromatic N) is 1. The summed E-state index contributed by atoms with van der Waals surface area (Å²) in [6.45, 7) is 0.732. The molecule has 0 fully saturated rings. The zero-order chi connectivity index (χ0) is 17.2. The minimum atomic E-state index is 0.0457. The fraction of sp³-hybridized carbons (Fsp3) is 0.0455. The lowest BCUT2D eigenvalue weighted by molar-refractivity contribution is 0.104. The summed E-state index contributed by atoms with van der Waals surface area (Å²) in [5.41, 5.74) is 3.69. The fourth-order valence-electron chi connectivity index (χ4n) is 3.14. The minimum absolute atomic E-state index is 0.0457. The van der Waals surface area contributed by atoms with Crippen LogP contribution in [0.5, 0.6) is 0 Å². The van der Waals surface area contributed by atoms with Crippen molar-refractivity contribution in [1.29, 1.82) is 0 Å². The highest BCUT2D eigenvalue weighted by Crippen LogP contribution is 2.31. The summed E-state index contributed by atoms with van der Waals surface area (Å²) in [4.78, 5) is 13.0. The lowest BCUT2D eigenvalue weighted by atomic mass is 10.0. The van der Waals surface area contributed by atoms with Gasteiger partial charge in [0.05, 0.1) is 5.52 Å². The van der Waals surface area contributed by atoms with Crippen LogP contribution in [0.25, 0.3) is 10.9 Å². The maximum absolute atomic E-state index is 13.0. The predicted molar refractivity (Wildman–Crippen MR) is 105 cm³/mol. The van der Waals surface area contributed by atoms with E-state index in [1.165, 1.54) is 5.56 Å². The molecule has 3 aromatic carbocycles. The molecular formula is C22H16BrNO. The summed E-state index contributed by atoms with van der Waals surface area (Å²) in [5, 5.41) is 0.965. The van der Waals surface area contributed by atoms with Gasteiger partial charge in [0.25, 0.3) is 0 Å². The number of hydrogen-bond acceptors (Lipinski definition) is 1. The van der Waals surface area contributed by atoms with E-state index in [1.807, 2.05) is 66.9 Å². The highest BCUT2D eigenvalue weighted by Gasteiger charge is 2.18. The monoisotopic (exact) mass is 389 g/mol. The van der Waals surface area contributed by atoms with Gasteiger partial charge in [0.1, 0.15) is 0 Å². The Morgan fingerprint density at radius 2 is 1.52 bits per heavy atom.